The predicted octanol–water partition coefficient (Wildman–Crippen LogP) is 4.47. The van der Waals surface area contributed by atoms with E-state index >= 15 is 0 Å². The van der Waals surface area contributed by atoms with Gasteiger partial charge in [0, 0.05) is 18.5 Å². The van der Waals surface area contributed by atoms with Crippen molar-refractivity contribution in [3.63, 3.8) is 0 Å². The summed E-state index contributed by atoms with van der Waals surface area (Å²) >= 11 is 3.44. The Kier molecular flexibility index (Phi) is 15.3. The molecule has 35 heavy (non-hydrogen) atoms. The Morgan fingerprint density at radius 3 is 2.23 bits per heavy atom. The Balaban J connectivity index is 0.00000578. The molecule has 0 spiro atoms. The monoisotopic (exact) mass is 575 g/mol. The minimum absolute atomic E-state index is 0. The molecule has 2 rings (SSSR count). The maximum Gasteiger partial charge on any atom is 0.338 e. The average molecular weight is 577 g/mol. The van der Waals surface area contributed by atoms with Crippen LogP contribution in [0.25, 0.3) is 0 Å². The fraction of sp³-hybridized carbons (Fsp3) is 0.440. The van der Waals surface area contributed by atoms with E-state index in [0.29, 0.717) is 71.9 Å². The Bertz CT molecular complexity index is 969. The highest BCUT2D eigenvalue weighted by Crippen LogP contribution is 2.33. The van der Waals surface area contributed by atoms with Crippen molar-refractivity contribution in [1.82, 2.24) is 4.90 Å². The van der Waals surface area contributed by atoms with Crippen LogP contribution in [0.15, 0.2) is 34.8 Å². The van der Waals surface area contributed by atoms with Crippen molar-refractivity contribution in [3.05, 3.63) is 51.5 Å². The van der Waals surface area contributed by atoms with Crippen LogP contribution in [-0.2, 0) is 11.2 Å². The van der Waals surface area contributed by atoms with Gasteiger partial charge in [-0.1, -0.05) is 13.3 Å². The second kappa shape index (κ2) is 16.4. The SMILES string of the molecule is CCCc1c(OCCCOc2ccc(C(=O)OCCN(C)C)cc2Br)ccc(C(C)=O)c1O.Cl.O. The molecule has 0 heterocycles. The molecule has 196 valence electrons. The van der Waals surface area contributed by atoms with E-state index in [-0.39, 0.29) is 35.4 Å². The third kappa shape index (κ3) is 10.0. The number of carbonyl (C=O) groups excluding carboxylic acids is 2. The Labute approximate surface area is 221 Å². The highest BCUT2D eigenvalue weighted by atomic mass is 79.9. The molecule has 2 aromatic rings. The van der Waals surface area contributed by atoms with Gasteiger partial charge in [0.1, 0.15) is 23.9 Å². The molecule has 0 aliphatic carbocycles. The number of hydrogen-bond donors (Lipinski definition) is 1. The second-order valence-electron chi connectivity index (χ2n) is 7.88. The van der Waals surface area contributed by atoms with E-state index in [1.54, 1.807) is 30.3 Å². The first kappa shape index (κ1) is 32.7. The smallest absolute Gasteiger partial charge is 0.338 e. The zero-order valence-corrected chi connectivity index (χ0v) is 23.0. The van der Waals surface area contributed by atoms with Gasteiger partial charge in [-0.2, -0.15) is 0 Å². The number of Topliss-reactive ketones (excluding diaryl/α,β-unsaturated/α-hetero) is 1. The summed E-state index contributed by atoms with van der Waals surface area (Å²) in [4.78, 5) is 25.7. The third-order valence-corrected chi connectivity index (χ3v) is 5.48. The summed E-state index contributed by atoms with van der Waals surface area (Å²) in [7, 11) is 3.83. The molecule has 0 fully saturated rings. The van der Waals surface area contributed by atoms with Gasteiger partial charge in [-0.3, -0.25) is 4.79 Å². The van der Waals surface area contributed by atoms with Gasteiger partial charge in [-0.05, 0) is 73.7 Å². The number of hydrogen-bond acceptors (Lipinski definition) is 7. The summed E-state index contributed by atoms with van der Waals surface area (Å²) in [5.74, 6) is 0.651. The fourth-order valence-corrected chi connectivity index (χ4v) is 3.59. The van der Waals surface area contributed by atoms with Gasteiger partial charge < -0.3 is 29.7 Å². The van der Waals surface area contributed by atoms with E-state index < -0.39 is 0 Å². The average Bonchev–Trinajstić information content (AvgIpc) is 2.76. The van der Waals surface area contributed by atoms with Crippen molar-refractivity contribution in [2.24, 2.45) is 0 Å². The summed E-state index contributed by atoms with van der Waals surface area (Å²) in [5.41, 5.74) is 1.42. The van der Waals surface area contributed by atoms with Crippen LogP contribution in [0.4, 0.5) is 0 Å². The normalized spacial score (nSPS) is 10.2. The van der Waals surface area contributed by atoms with Crippen LogP contribution >= 0.6 is 28.3 Å². The van der Waals surface area contributed by atoms with Crippen molar-refractivity contribution in [1.29, 1.82) is 0 Å². The number of aromatic hydroxyl groups is 1. The Morgan fingerprint density at radius 1 is 1.03 bits per heavy atom. The van der Waals surface area contributed by atoms with Crippen molar-refractivity contribution < 1.29 is 34.4 Å². The van der Waals surface area contributed by atoms with E-state index in [1.807, 2.05) is 25.9 Å². The largest absolute Gasteiger partial charge is 0.507 e. The number of likely N-dealkylation sites (N-methyl/N-ethyl adjacent to an activating group) is 1. The Hall–Kier alpha value is -2.33. The van der Waals surface area contributed by atoms with Crippen LogP contribution in [0.5, 0.6) is 17.2 Å². The molecule has 0 bridgehead atoms. The molecular weight excluding hydrogens is 542 g/mol. The van der Waals surface area contributed by atoms with Crippen LogP contribution in [0.1, 0.15) is 53.0 Å². The highest BCUT2D eigenvalue weighted by molar-refractivity contribution is 9.10. The number of rotatable bonds is 13. The zero-order valence-electron chi connectivity index (χ0n) is 20.6. The molecule has 10 heteroatoms. The number of ether oxygens (including phenoxy) is 3. The Morgan fingerprint density at radius 2 is 1.66 bits per heavy atom. The molecule has 0 aliphatic rings. The summed E-state index contributed by atoms with van der Waals surface area (Å²) < 4.78 is 17.6. The molecule has 0 unspecified atom stereocenters. The van der Waals surface area contributed by atoms with Gasteiger partial charge in [0.2, 0.25) is 0 Å². The minimum Gasteiger partial charge on any atom is -0.507 e. The lowest BCUT2D eigenvalue weighted by atomic mass is 10.0. The van der Waals surface area contributed by atoms with Gasteiger partial charge in [-0.25, -0.2) is 4.79 Å². The minimum atomic E-state index is -0.376. The molecule has 0 aliphatic heterocycles. The first-order chi connectivity index (χ1) is 15.7. The zero-order chi connectivity index (χ0) is 24.4. The van der Waals surface area contributed by atoms with E-state index in [0.717, 1.165) is 6.42 Å². The van der Waals surface area contributed by atoms with E-state index in [2.05, 4.69) is 15.9 Å². The van der Waals surface area contributed by atoms with Gasteiger partial charge in [0.15, 0.2) is 5.78 Å². The number of esters is 1. The highest BCUT2D eigenvalue weighted by Gasteiger charge is 2.16. The number of nitrogens with zero attached hydrogens (tertiary/aromatic N) is 1. The number of ketones is 1. The summed E-state index contributed by atoms with van der Waals surface area (Å²) in [6.07, 6.45) is 2.05. The molecule has 2 aromatic carbocycles. The van der Waals surface area contributed by atoms with E-state index in [9.17, 15) is 14.7 Å². The number of carbonyl (C=O) groups is 2. The molecule has 0 atom stereocenters. The number of phenolic OH excluding ortho intramolecular Hbond substituents is 1. The van der Waals surface area contributed by atoms with E-state index in [4.69, 9.17) is 14.2 Å². The van der Waals surface area contributed by atoms with Gasteiger partial charge in [-0.15, -0.1) is 12.4 Å². The molecule has 8 nitrogen and oxygen atoms in total. The van der Waals surface area contributed by atoms with Crippen molar-refractivity contribution in [2.45, 2.75) is 33.1 Å². The molecule has 0 aromatic heterocycles. The van der Waals surface area contributed by atoms with Crippen molar-refractivity contribution in [2.75, 3.05) is 40.5 Å². The van der Waals surface area contributed by atoms with Crippen LogP contribution < -0.4 is 9.47 Å². The number of phenols is 1. The molecule has 0 radical (unpaired) electrons. The van der Waals surface area contributed by atoms with Crippen LogP contribution in [0.2, 0.25) is 0 Å². The maximum atomic E-state index is 12.1. The first-order valence-corrected chi connectivity index (χ1v) is 11.8. The lowest BCUT2D eigenvalue weighted by Gasteiger charge is -2.15. The number of halogens is 2. The van der Waals surface area contributed by atoms with Crippen molar-refractivity contribution in [3.8, 4) is 17.2 Å². The van der Waals surface area contributed by atoms with Crippen LogP contribution in [0.3, 0.4) is 0 Å². The van der Waals surface area contributed by atoms with Gasteiger partial charge in [0.05, 0.1) is 28.8 Å². The standard InChI is InChI=1S/C25H32BrNO6.ClH.H2O/c1-5-7-20-22(11-9-19(17(2)28)24(20)29)31-13-6-14-32-23-10-8-18(16-21(23)26)25(30)33-15-12-27(3)4;;/h8-11,16,29H,5-7,12-15H2,1-4H3;1H;1H2. The fourth-order valence-electron chi connectivity index (χ4n) is 3.10. The topological polar surface area (TPSA) is 117 Å². The molecule has 3 N–H and O–H groups in total. The van der Waals surface area contributed by atoms with Crippen molar-refractivity contribution >= 4 is 40.1 Å². The molecule has 0 amide bonds. The molecular formula is C25H35BrClNO7. The number of benzene rings is 2. The second-order valence-corrected chi connectivity index (χ2v) is 8.73. The maximum absolute atomic E-state index is 12.1. The summed E-state index contributed by atoms with van der Waals surface area (Å²) in [6.45, 7) is 5.23. The first-order valence-electron chi connectivity index (χ1n) is 11.0. The molecule has 0 saturated heterocycles. The molecule has 0 saturated carbocycles. The third-order valence-electron chi connectivity index (χ3n) is 4.86. The lowest BCUT2D eigenvalue weighted by Crippen LogP contribution is -2.20. The van der Waals surface area contributed by atoms with Crippen LogP contribution in [0, 0.1) is 0 Å². The quantitative estimate of drug-likeness (QED) is 0.212. The predicted molar refractivity (Wildman–Crippen MR) is 142 cm³/mol. The lowest BCUT2D eigenvalue weighted by molar-refractivity contribution is 0.0481. The van der Waals surface area contributed by atoms with Crippen LogP contribution in [-0.4, -0.2) is 67.7 Å². The van der Waals surface area contributed by atoms with Gasteiger partial charge in [0.25, 0.3) is 0 Å². The summed E-state index contributed by atoms with van der Waals surface area (Å²) in [5, 5.41) is 10.4. The van der Waals surface area contributed by atoms with Gasteiger partial charge >= 0.3 is 5.97 Å². The summed E-state index contributed by atoms with van der Waals surface area (Å²) in [6, 6.07) is 8.40. The van der Waals surface area contributed by atoms with E-state index in [1.165, 1.54) is 6.92 Å².